The highest BCUT2D eigenvalue weighted by Crippen LogP contribution is 2.23. The number of aromatic nitrogens is 2. The van der Waals surface area contributed by atoms with Crippen molar-refractivity contribution in [3.05, 3.63) is 78.2 Å². The van der Waals surface area contributed by atoms with Gasteiger partial charge < -0.3 is 10.1 Å². The molecule has 0 aliphatic carbocycles. The number of rotatable bonds is 9. The van der Waals surface area contributed by atoms with E-state index in [1.54, 1.807) is 59.3 Å². The van der Waals surface area contributed by atoms with Crippen molar-refractivity contribution in [1.82, 2.24) is 14.3 Å². The molecule has 0 saturated carbocycles. The van der Waals surface area contributed by atoms with E-state index in [-0.39, 0.29) is 12.3 Å². The first kappa shape index (κ1) is 24.8. The minimum atomic E-state index is -3.48. The number of aryl methyl sites for hydroxylation is 1. The summed E-state index contributed by atoms with van der Waals surface area (Å²) in [7, 11) is -3.48. The third kappa shape index (κ3) is 6.86. The van der Waals surface area contributed by atoms with Gasteiger partial charge in [0.2, 0.25) is 15.9 Å². The normalized spacial score (nSPS) is 14.7. The predicted octanol–water partition coefficient (Wildman–Crippen LogP) is 4.19. The zero-order chi connectivity index (χ0) is 24.5. The number of ether oxygens (including phenoxy) is 1. The van der Waals surface area contributed by atoms with Crippen molar-refractivity contribution in [3.63, 3.8) is 0 Å². The second-order valence-electron chi connectivity index (χ2n) is 8.50. The number of nitrogens with zero attached hydrogens (tertiary/aromatic N) is 3. The summed E-state index contributed by atoms with van der Waals surface area (Å²) in [6, 6.07) is 14.1. The van der Waals surface area contributed by atoms with Gasteiger partial charge in [-0.15, -0.1) is 0 Å². The molecule has 0 atom stereocenters. The van der Waals surface area contributed by atoms with Crippen molar-refractivity contribution < 1.29 is 17.9 Å². The number of carbonyl (C=O) groups excluding carboxylic acids is 1. The highest BCUT2D eigenvalue weighted by Gasteiger charge is 2.24. The molecule has 1 amide bonds. The summed E-state index contributed by atoms with van der Waals surface area (Å²) in [4.78, 5) is 21.1. The maximum absolute atomic E-state index is 12.9. The molecule has 1 aliphatic heterocycles. The Hall–Kier alpha value is -3.30. The van der Waals surface area contributed by atoms with Gasteiger partial charge in [0.15, 0.2) is 11.6 Å². The molecule has 0 radical (unpaired) electrons. The lowest BCUT2D eigenvalue weighted by molar-refractivity contribution is -0.116. The van der Waals surface area contributed by atoms with Crippen LogP contribution in [0, 0.1) is 0 Å². The van der Waals surface area contributed by atoms with Crippen molar-refractivity contribution in [1.29, 1.82) is 0 Å². The smallest absolute Gasteiger partial charge is 0.243 e. The second kappa shape index (κ2) is 11.9. The molecular formula is C26H30N4O4S. The summed E-state index contributed by atoms with van der Waals surface area (Å²) < 4.78 is 33.3. The molecular weight excluding hydrogens is 464 g/mol. The maximum Gasteiger partial charge on any atom is 0.243 e. The van der Waals surface area contributed by atoms with E-state index in [1.165, 1.54) is 0 Å². The number of nitrogens with one attached hydrogen (secondary N) is 1. The van der Waals surface area contributed by atoms with E-state index in [0.29, 0.717) is 42.6 Å². The predicted molar refractivity (Wildman–Crippen MR) is 133 cm³/mol. The first-order valence-electron chi connectivity index (χ1n) is 11.9. The lowest BCUT2D eigenvalue weighted by atomic mass is 10.1. The number of sulfonamides is 1. The molecule has 9 heteroatoms. The van der Waals surface area contributed by atoms with Crippen LogP contribution >= 0.6 is 0 Å². The quantitative estimate of drug-likeness (QED) is 0.479. The molecule has 184 valence electrons. The fourth-order valence-corrected chi connectivity index (χ4v) is 5.47. The van der Waals surface area contributed by atoms with E-state index < -0.39 is 10.0 Å². The molecule has 1 aromatic carbocycles. The Kier molecular flexibility index (Phi) is 8.44. The van der Waals surface area contributed by atoms with Gasteiger partial charge in [-0.3, -0.25) is 9.78 Å². The Balaban J connectivity index is 1.31. The minimum absolute atomic E-state index is 0.196. The molecule has 0 spiro atoms. The maximum atomic E-state index is 12.9. The van der Waals surface area contributed by atoms with Crippen LogP contribution in [-0.4, -0.2) is 41.7 Å². The van der Waals surface area contributed by atoms with E-state index >= 15 is 0 Å². The van der Waals surface area contributed by atoms with Gasteiger partial charge in [0, 0.05) is 38.1 Å². The van der Waals surface area contributed by atoms with Gasteiger partial charge in [0.05, 0.1) is 4.90 Å². The molecule has 35 heavy (non-hydrogen) atoms. The molecule has 1 aliphatic rings. The van der Waals surface area contributed by atoms with E-state index in [1.807, 2.05) is 12.1 Å². The number of hydrogen-bond acceptors (Lipinski definition) is 6. The fraction of sp³-hybridized carbons (Fsp3) is 0.346. The van der Waals surface area contributed by atoms with E-state index in [4.69, 9.17) is 4.74 Å². The van der Waals surface area contributed by atoms with Crippen LogP contribution in [0.1, 0.15) is 43.2 Å². The Morgan fingerprint density at radius 1 is 0.914 bits per heavy atom. The SMILES string of the molecule is O=C(CCc1ccc(S(=O)(=O)N2CCCCCC2)cc1)Nc1ncccc1OCc1ccncc1. The van der Waals surface area contributed by atoms with Crippen molar-refractivity contribution in [2.75, 3.05) is 18.4 Å². The van der Waals surface area contributed by atoms with Gasteiger partial charge in [0.1, 0.15) is 6.61 Å². The molecule has 1 N–H and O–H groups in total. The topological polar surface area (TPSA) is 101 Å². The Bertz CT molecular complexity index is 1210. The molecule has 0 bridgehead atoms. The summed E-state index contributed by atoms with van der Waals surface area (Å²) in [5, 5.41) is 2.81. The first-order valence-corrected chi connectivity index (χ1v) is 13.3. The van der Waals surface area contributed by atoms with E-state index in [2.05, 4.69) is 15.3 Å². The van der Waals surface area contributed by atoms with Crippen LogP contribution in [0.4, 0.5) is 5.82 Å². The van der Waals surface area contributed by atoms with Crippen LogP contribution in [0.3, 0.4) is 0 Å². The average Bonchev–Trinajstić information content (AvgIpc) is 3.18. The van der Waals surface area contributed by atoms with Gasteiger partial charge in [-0.25, -0.2) is 13.4 Å². The van der Waals surface area contributed by atoms with Crippen LogP contribution in [0.15, 0.2) is 72.0 Å². The van der Waals surface area contributed by atoms with Gasteiger partial charge in [0.25, 0.3) is 0 Å². The van der Waals surface area contributed by atoms with Crippen molar-refractivity contribution in [2.24, 2.45) is 0 Å². The molecule has 3 aromatic rings. The van der Waals surface area contributed by atoms with E-state index in [0.717, 1.165) is 36.8 Å². The van der Waals surface area contributed by atoms with Gasteiger partial charge >= 0.3 is 0 Å². The van der Waals surface area contributed by atoms with Crippen LogP contribution < -0.4 is 10.1 Å². The molecule has 1 saturated heterocycles. The van der Waals surface area contributed by atoms with Crippen LogP contribution in [-0.2, 0) is 27.8 Å². The van der Waals surface area contributed by atoms with E-state index in [9.17, 15) is 13.2 Å². The number of benzene rings is 1. The zero-order valence-electron chi connectivity index (χ0n) is 19.6. The Morgan fingerprint density at radius 2 is 1.63 bits per heavy atom. The van der Waals surface area contributed by atoms with Crippen LogP contribution in [0.25, 0.3) is 0 Å². The number of anilines is 1. The highest BCUT2D eigenvalue weighted by molar-refractivity contribution is 7.89. The molecule has 8 nitrogen and oxygen atoms in total. The minimum Gasteiger partial charge on any atom is -0.485 e. The molecule has 1 fully saturated rings. The average molecular weight is 495 g/mol. The number of hydrogen-bond donors (Lipinski definition) is 1. The first-order chi connectivity index (χ1) is 17.0. The monoisotopic (exact) mass is 494 g/mol. The van der Waals surface area contributed by atoms with Gasteiger partial charge in [-0.05, 0) is 66.8 Å². The molecule has 4 rings (SSSR count). The molecule has 0 unspecified atom stereocenters. The van der Waals surface area contributed by atoms with Crippen LogP contribution in [0.2, 0.25) is 0 Å². The van der Waals surface area contributed by atoms with Crippen molar-refractivity contribution in [3.8, 4) is 5.75 Å². The number of amides is 1. The summed E-state index contributed by atoms with van der Waals surface area (Å²) in [6.45, 7) is 1.49. The van der Waals surface area contributed by atoms with Crippen molar-refractivity contribution in [2.45, 2.75) is 50.0 Å². The summed E-state index contributed by atoms with van der Waals surface area (Å²) >= 11 is 0. The Labute approximate surface area is 206 Å². The third-order valence-corrected chi connectivity index (χ3v) is 7.85. The van der Waals surface area contributed by atoms with Crippen LogP contribution in [0.5, 0.6) is 5.75 Å². The lowest BCUT2D eigenvalue weighted by Crippen LogP contribution is -2.31. The van der Waals surface area contributed by atoms with Crippen molar-refractivity contribution >= 4 is 21.7 Å². The number of carbonyl (C=O) groups is 1. The largest absolute Gasteiger partial charge is 0.485 e. The lowest BCUT2D eigenvalue weighted by Gasteiger charge is -2.20. The summed E-state index contributed by atoms with van der Waals surface area (Å²) in [6.07, 6.45) is 9.65. The number of pyridine rings is 2. The van der Waals surface area contributed by atoms with Gasteiger partial charge in [-0.1, -0.05) is 25.0 Å². The summed E-state index contributed by atoms with van der Waals surface area (Å²) in [5.74, 6) is 0.657. The molecule has 2 aromatic heterocycles. The standard InChI is InChI=1S/C26H30N4O4S/c31-25(29-26-24(6-5-15-28-26)34-20-22-13-16-27-17-14-22)12-9-21-7-10-23(11-8-21)35(32,33)30-18-3-1-2-4-19-30/h5-8,10-11,13-17H,1-4,9,12,18-20H2,(H,28,29,31). The third-order valence-electron chi connectivity index (χ3n) is 5.94. The summed E-state index contributed by atoms with van der Waals surface area (Å²) in [5.41, 5.74) is 1.85. The highest BCUT2D eigenvalue weighted by atomic mass is 32.2. The van der Waals surface area contributed by atoms with Gasteiger partial charge in [-0.2, -0.15) is 4.31 Å². The zero-order valence-corrected chi connectivity index (χ0v) is 20.4. The second-order valence-corrected chi connectivity index (χ2v) is 10.4. The fourth-order valence-electron chi connectivity index (χ4n) is 3.95. The Morgan fingerprint density at radius 3 is 2.34 bits per heavy atom. The molecule has 3 heterocycles.